The predicted octanol–water partition coefficient (Wildman–Crippen LogP) is 1.35. The number of hydrogen-bond donors (Lipinski definition) is 0. The zero-order valence-electron chi connectivity index (χ0n) is 8.71. The number of halogens is 3. The van der Waals surface area contributed by atoms with E-state index in [1.807, 2.05) is 0 Å². The number of carbonyl (C=O) groups excluding carboxylic acids is 1. The van der Waals surface area contributed by atoms with E-state index < -0.39 is 23.6 Å². The molecule has 0 aromatic heterocycles. The number of carboxylic acid groups (broad SMARTS) is 1. The van der Waals surface area contributed by atoms with Crippen molar-refractivity contribution in [3.8, 4) is 11.5 Å². The molecule has 0 amide bonds. The van der Waals surface area contributed by atoms with Crippen molar-refractivity contribution < 1.29 is 32.5 Å². The van der Waals surface area contributed by atoms with Gasteiger partial charge in [0.2, 0.25) is 0 Å². The van der Waals surface area contributed by atoms with Gasteiger partial charge >= 0.3 is 6.36 Å². The standard InChI is InChI=1S/C10H9F3O4/c1-2-16-8-4-3-6(17-10(11,12)13)5-7(8)9(14)15/h3-5H,2H2,1H3,(H,14,15)/p-1. The third kappa shape index (κ3) is 3.86. The summed E-state index contributed by atoms with van der Waals surface area (Å²) in [5, 5.41) is 10.7. The average Bonchev–Trinajstić information content (AvgIpc) is 2.18. The van der Waals surface area contributed by atoms with Gasteiger partial charge < -0.3 is 19.4 Å². The van der Waals surface area contributed by atoms with Gasteiger partial charge in [0.25, 0.3) is 0 Å². The topological polar surface area (TPSA) is 58.6 Å². The molecule has 17 heavy (non-hydrogen) atoms. The summed E-state index contributed by atoms with van der Waals surface area (Å²) in [6, 6.07) is 2.74. The van der Waals surface area contributed by atoms with Crippen LogP contribution in [0.3, 0.4) is 0 Å². The Morgan fingerprint density at radius 1 is 1.41 bits per heavy atom. The Kier molecular flexibility index (Phi) is 3.82. The van der Waals surface area contributed by atoms with Crippen LogP contribution >= 0.6 is 0 Å². The summed E-state index contributed by atoms with van der Waals surface area (Å²) in [4.78, 5) is 10.7. The van der Waals surface area contributed by atoms with E-state index in [-0.39, 0.29) is 12.4 Å². The van der Waals surface area contributed by atoms with E-state index in [2.05, 4.69) is 4.74 Å². The Balaban J connectivity index is 3.05. The third-order valence-electron chi connectivity index (χ3n) is 1.70. The van der Waals surface area contributed by atoms with Crippen LogP contribution in [0.25, 0.3) is 0 Å². The van der Waals surface area contributed by atoms with E-state index in [0.29, 0.717) is 6.07 Å². The van der Waals surface area contributed by atoms with Crippen LogP contribution in [0.2, 0.25) is 0 Å². The molecule has 4 nitrogen and oxygen atoms in total. The summed E-state index contributed by atoms with van der Waals surface area (Å²) in [5.74, 6) is -2.34. The maximum absolute atomic E-state index is 11.9. The van der Waals surface area contributed by atoms with Crippen LogP contribution in [-0.4, -0.2) is 18.9 Å². The van der Waals surface area contributed by atoms with Gasteiger partial charge in [0, 0.05) is 5.56 Å². The zero-order chi connectivity index (χ0) is 13.1. The minimum Gasteiger partial charge on any atom is -0.545 e. The highest BCUT2D eigenvalue weighted by molar-refractivity contribution is 5.89. The molecular weight excluding hydrogens is 241 g/mol. The van der Waals surface area contributed by atoms with Crippen LogP contribution in [0.15, 0.2) is 18.2 Å². The van der Waals surface area contributed by atoms with Crippen molar-refractivity contribution in [3.63, 3.8) is 0 Å². The second-order valence-corrected chi connectivity index (χ2v) is 2.93. The van der Waals surface area contributed by atoms with Crippen molar-refractivity contribution in [3.05, 3.63) is 23.8 Å². The lowest BCUT2D eigenvalue weighted by molar-refractivity contribution is -0.275. The molecular formula is C10H8F3O4-. The SMILES string of the molecule is CCOc1ccc(OC(F)(F)F)cc1C(=O)[O-]. The van der Waals surface area contributed by atoms with Crippen molar-refractivity contribution in [2.24, 2.45) is 0 Å². The first-order chi connectivity index (χ1) is 7.83. The number of hydrogen-bond acceptors (Lipinski definition) is 4. The fourth-order valence-electron chi connectivity index (χ4n) is 1.15. The highest BCUT2D eigenvalue weighted by atomic mass is 19.4. The molecule has 0 bridgehead atoms. The lowest BCUT2D eigenvalue weighted by Gasteiger charge is -2.14. The Morgan fingerprint density at radius 3 is 2.53 bits per heavy atom. The highest BCUT2D eigenvalue weighted by Gasteiger charge is 2.31. The van der Waals surface area contributed by atoms with Crippen molar-refractivity contribution in [2.75, 3.05) is 6.61 Å². The van der Waals surface area contributed by atoms with Crippen LogP contribution in [-0.2, 0) is 0 Å². The highest BCUT2D eigenvalue weighted by Crippen LogP contribution is 2.28. The quantitative estimate of drug-likeness (QED) is 0.808. The average molecular weight is 249 g/mol. The van der Waals surface area contributed by atoms with Gasteiger partial charge in [-0.25, -0.2) is 0 Å². The van der Waals surface area contributed by atoms with Gasteiger partial charge in [-0.3, -0.25) is 0 Å². The molecule has 1 aromatic carbocycles. The number of ether oxygens (including phenoxy) is 2. The summed E-state index contributed by atoms with van der Waals surface area (Å²) in [7, 11) is 0. The molecule has 0 atom stereocenters. The maximum atomic E-state index is 11.9. The molecule has 0 aliphatic rings. The third-order valence-corrected chi connectivity index (χ3v) is 1.70. The normalized spacial score (nSPS) is 11.1. The van der Waals surface area contributed by atoms with E-state index in [4.69, 9.17) is 4.74 Å². The summed E-state index contributed by atoms with van der Waals surface area (Å²) in [6.45, 7) is 1.79. The van der Waals surface area contributed by atoms with Gasteiger partial charge in [-0.15, -0.1) is 13.2 Å². The first kappa shape index (κ1) is 13.1. The Hall–Kier alpha value is -1.92. The van der Waals surface area contributed by atoms with Crippen molar-refractivity contribution in [2.45, 2.75) is 13.3 Å². The molecule has 0 saturated heterocycles. The molecule has 0 radical (unpaired) electrons. The molecule has 0 heterocycles. The fourth-order valence-corrected chi connectivity index (χ4v) is 1.15. The smallest absolute Gasteiger partial charge is 0.545 e. The molecule has 0 saturated carbocycles. The van der Waals surface area contributed by atoms with Gasteiger partial charge in [-0.05, 0) is 25.1 Å². The second-order valence-electron chi connectivity index (χ2n) is 2.93. The monoisotopic (exact) mass is 249 g/mol. The van der Waals surface area contributed by atoms with E-state index in [1.54, 1.807) is 6.92 Å². The Labute approximate surface area is 94.6 Å². The summed E-state index contributed by atoms with van der Waals surface area (Å²) in [5.41, 5.74) is -0.492. The molecule has 0 unspecified atom stereocenters. The van der Waals surface area contributed by atoms with E-state index in [9.17, 15) is 23.1 Å². The van der Waals surface area contributed by atoms with Gasteiger partial charge in [0.15, 0.2) is 0 Å². The molecule has 0 aliphatic heterocycles. The molecule has 0 fully saturated rings. The molecule has 0 aliphatic carbocycles. The molecule has 7 heteroatoms. The Morgan fingerprint density at radius 2 is 2.06 bits per heavy atom. The number of rotatable bonds is 4. The number of benzene rings is 1. The molecule has 0 spiro atoms. The van der Waals surface area contributed by atoms with Gasteiger partial charge in [-0.1, -0.05) is 0 Å². The van der Waals surface area contributed by atoms with Gasteiger partial charge in [0.05, 0.1) is 12.6 Å². The molecule has 94 valence electrons. The minimum absolute atomic E-state index is 0.0676. The van der Waals surface area contributed by atoms with Crippen LogP contribution in [0.4, 0.5) is 13.2 Å². The van der Waals surface area contributed by atoms with Crippen molar-refractivity contribution in [1.29, 1.82) is 0 Å². The lowest BCUT2D eigenvalue weighted by Crippen LogP contribution is -2.24. The van der Waals surface area contributed by atoms with E-state index in [1.165, 1.54) is 0 Å². The van der Waals surface area contributed by atoms with Crippen LogP contribution in [0.5, 0.6) is 11.5 Å². The first-order valence-corrected chi connectivity index (χ1v) is 4.57. The van der Waals surface area contributed by atoms with Gasteiger partial charge in [-0.2, -0.15) is 0 Å². The summed E-state index contributed by atoms with van der Waals surface area (Å²) >= 11 is 0. The zero-order valence-corrected chi connectivity index (χ0v) is 8.71. The van der Waals surface area contributed by atoms with Crippen LogP contribution in [0.1, 0.15) is 17.3 Å². The largest absolute Gasteiger partial charge is 0.573 e. The van der Waals surface area contributed by atoms with Crippen LogP contribution in [0, 0.1) is 0 Å². The number of alkyl halides is 3. The molecule has 0 N–H and O–H groups in total. The molecule has 1 rings (SSSR count). The predicted molar refractivity (Wildman–Crippen MR) is 48.6 cm³/mol. The maximum Gasteiger partial charge on any atom is 0.573 e. The van der Waals surface area contributed by atoms with Crippen molar-refractivity contribution >= 4 is 5.97 Å². The number of aromatic carboxylic acids is 1. The fraction of sp³-hybridized carbons (Fsp3) is 0.300. The van der Waals surface area contributed by atoms with E-state index >= 15 is 0 Å². The Bertz CT molecular complexity index is 415. The number of carboxylic acids is 1. The summed E-state index contributed by atoms with van der Waals surface area (Å²) < 4.78 is 44.2. The molecule has 1 aromatic rings. The first-order valence-electron chi connectivity index (χ1n) is 4.57. The van der Waals surface area contributed by atoms with Crippen LogP contribution < -0.4 is 14.6 Å². The minimum atomic E-state index is -4.88. The second kappa shape index (κ2) is 4.94. The lowest BCUT2D eigenvalue weighted by atomic mass is 10.2. The number of carbonyl (C=O) groups is 1. The summed E-state index contributed by atoms with van der Waals surface area (Å²) in [6.07, 6.45) is -4.88. The van der Waals surface area contributed by atoms with Gasteiger partial charge in [0.1, 0.15) is 11.5 Å². The van der Waals surface area contributed by atoms with E-state index in [0.717, 1.165) is 12.1 Å². The van der Waals surface area contributed by atoms with Crippen molar-refractivity contribution in [1.82, 2.24) is 0 Å².